The Hall–Kier alpha value is -1.41. The van der Waals surface area contributed by atoms with Crippen LogP contribution in [0.1, 0.15) is 0 Å². The summed E-state index contributed by atoms with van der Waals surface area (Å²) in [5, 5.41) is 14.9. The normalized spacial score (nSPS) is 11.5. The van der Waals surface area contributed by atoms with E-state index in [1.807, 2.05) is 0 Å². The van der Waals surface area contributed by atoms with E-state index in [0.29, 0.717) is 6.08 Å². The van der Waals surface area contributed by atoms with Crippen molar-refractivity contribution in [1.82, 2.24) is 5.32 Å². The lowest BCUT2D eigenvalue weighted by Gasteiger charge is -1.99. The molecule has 0 aromatic carbocycles. The van der Waals surface area contributed by atoms with E-state index >= 15 is 0 Å². The summed E-state index contributed by atoms with van der Waals surface area (Å²) in [7, 11) is -3.61. The van der Waals surface area contributed by atoms with Crippen molar-refractivity contribution in [2.75, 3.05) is 12.3 Å². The predicted molar refractivity (Wildman–Crippen MR) is 47.8 cm³/mol. The second-order valence-electron chi connectivity index (χ2n) is 2.33. The van der Waals surface area contributed by atoms with Crippen molar-refractivity contribution in [3.05, 3.63) is 12.2 Å². The van der Waals surface area contributed by atoms with Crippen LogP contribution in [0.4, 0.5) is 0 Å². The van der Waals surface area contributed by atoms with Gasteiger partial charge in [0, 0.05) is 18.7 Å². The minimum absolute atomic E-state index is 0.151. The lowest BCUT2D eigenvalue weighted by molar-refractivity contribution is -0.131. The highest BCUT2D eigenvalue weighted by Crippen LogP contribution is 1.77. The van der Waals surface area contributed by atoms with Crippen LogP contribution in [0, 0.1) is 0 Å². The van der Waals surface area contributed by atoms with Gasteiger partial charge in [-0.3, -0.25) is 4.79 Å². The first-order valence-electron chi connectivity index (χ1n) is 3.50. The van der Waals surface area contributed by atoms with Gasteiger partial charge in [0.2, 0.25) is 15.9 Å². The highest BCUT2D eigenvalue weighted by atomic mass is 32.2. The molecule has 1 amide bonds. The molecule has 0 saturated carbocycles. The van der Waals surface area contributed by atoms with Crippen molar-refractivity contribution < 1.29 is 23.1 Å². The predicted octanol–water partition coefficient (Wildman–Crippen LogP) is -1.97. The van der Waals surface area contributed by atoms with E-state index in [9.17, 15) is 18.0 Å². The van der Waals surface area contributed by atoms with Crippen LogP contribution in [0.5, 0.6) is 0 Å². The molecule has 4 N–H and O–H groups in total. The van der Waals surface area contributed by atoms with Crippen molar-refractivity contribution in [2.24, 2.45) is 5.14 Å². The van der Waals surface area contributed by atoms with E-state index in [0.717, 1.165) is 6.08 Å². The van der Waals surface area contributed by atoms with E-state index in [4.69, 9.17) is 5.11 Å². The number of sulfonamides is 1. The minimum atomic E-state index is -3.61. The van der Waals surface area contributed by atoms with E-state index in [2.05, 4.69) is 10.5 Å². The molecule has 8 heteroatoms. The molecule has 0 bridgehead atoms. The first kappa shape index (κ1) is 12.6. The summed E-state index contributed by atoms with van der Waals surface area (Å²) in [5.41, 5.74) is 0. The fourth-order valence-electron chi connectivity index (χ4n) is 0.522. The number of aliphatic carboxylic acids is 1. The van der Waals surface area contributed by atoms with Gasteiger partial charge < -0.3 is 10.4 Å². The Morgan fingerprint density at radius 2 is 1.93 bits per heavy atom. The minimum Gasteiger partial charge on any atom is -0.478 e. The third kappa shape index (κ3) is 8.68. The van der Waals surface area contributed by atoms with Crippen molar-refractivity contribution in [3.63, 3.8) is 0 Å². The monoisotopic (exact) mass is 222 g/mol. The third-order valence-electron chi connectivity index (χ3n) is 1.06. The molecule has 0 rings (SSSR count). The number of carboxylic acids is 1. The van der Waals surface area contributed by atoms with Gasteiger partial charge in [-0.2, -0.15) is 0 Å². The number of amides is 1. The molecule has 0 aliphatic rings. The summed E-state index contributed by atoms with van der Waals surface area (Å²) in [6.07, 6.45) is 1.43. The van der Waals surface area contributed by atoms with Crippen LogP contribution in [-0.2, 0) is 19.6 Å². The third-order valence-corrected chi connectivity index (χ3v) is 1.84. The number of rotatable bonds is 5. The molecule has 14 heavy (non-hydrogen) atoms. The van der Waals surface area contributed by atoms with Crippen LogP contribution in [-0.4, -0.2) is 37.7 Å². The molecule has 0 aromatic rings. The van der Waals surface area contributed by atoms with Crippen molar-refractivity contribution in [2.45, 2.75) is 0 Å². The molecule has 0 saturated heterocycles. The smallest absolute Gasteiger partial charge is 0.328 e. The van der Waals surface area contributed by atoms with Crippen LogP contribution in [0.15, 0.2) is 12.2 Å². The van der Waals surface area contributed by atoms with E-state index < -0.39 is 21.9 Å². The Labute approximate surface area is 80.6 Å². The van der Waals surface area contributed by atoms with Crippen LogP contribution in [0.3, 0.4) is 0 Å². The van der Waals surface area contributed by atoms with Crippen LogP contribution in [0.25, 0.3) is 0 Å². The SMILES string of the molecule is NS(=O)(=O)CCNC(=O)/C=C/C(=O)O. The fourth-order valence-corrected chi connectivity index (χ4v) is 0.909. The molecule has 7 nitrogen and oxygen atoms in total. The molecule has 0 unspecified atom stereocenters. The molecule has 0 radical (unpaired) electrons. The van der Waals surface area contributed by atoms with Crippen LogP contribution < -0.4 is 10.5 Å². The van der Waals surface area contributed by atoms with Gasteiger partial charge in [-0.1, -0.05) is 0 Å². The molecule has 0 aliphatic heterocycles. The average Bonchev–Trinajstić information content (AvgIpc) is 1.98. The standard InChI is InChI=1S/C6H10N2O5S/c7-14(12,13)4-3-8-5(9)1-2-6(10)11/h1-2H,3-4H2,(H,8,9)(H,10,11)(H2,7,12,13)/b2-1+. The summed E-state index contributed by atoms with van der Waals surface area (Å²) < 4.78 is 20.8. The Kier molecular flexibility index (Phi) is 4.81. The summed E-state index contributed by atoms with van der Waals surface area (Å²) in [6.45, 7) is -0.151. The number of primary sulfonamides is 1. The second kappa shape index (κ2) is 5.35. The van der Waals surface area contributed by atoms with Crippen molar-refractivity contribution in [3.8, 4) is 0 Å². The Morgan fingerprint density at radius 1 is 1.36 bits per heavy atom. The van der Waals surface area contributed by atoms with E-state index in [1.165, 1.54) is 0 Å². The van der Waals surface area contributed by atoms with Gasteiger partial charge in [-0.15, -0.1) is 0 Å². The summed E-state index contributed by atoms with van der Waals surface area (Å²) in [4.78, 5) is 20.7. The first-order chi connectivity index (χ1) is 6.31. The molecule has 0 heterocycles. The van der Waals surface area contributed by atoms with E-state index in [-0.39, 0.29) is 12.3 Å². The highest BCUT2D eigenvalue weighted by molar-refractivity contribution is 7.89. The molecule has 80 valence electrons. The Morgan fingerprint density at radius 3 is 2.36 bits per heavy atom. The fraction of sp³-hybridized carbons (Fsp3) is 0.333. The van der Waals surface area contributed by atoms with Gasteiger partial charge in [0.1, 0.15) is 0 Å². The topological polar surface area (TPSA) is 127 Å². The lowest BCUT2D eigenvalue weighted by atomic mass is 10.4. The van der Waals surface area contributed by atoms with Crippen LogP contribution >= 0.6 is 0 Å². The zero-order chi connectivity index (χ0) is 11.2. The number of carbonyl (C=O) groups excluding carboxylic acids is 1. The second-order valence-corrected chi connectivity index (χ2v) is 4.06. The zero-order valence-electron chi connectivity index (χ0n) is 7.13. The Bertz CT molecular complexity index is 345. The molecular formula is C6H10N2O5S. The molecule has 0 aromatic heterocycles. The molecule has 0 aliphatic carbocycles. The molecule has 0 atom stereocenters. The number of hydrogen-bond acceptors (Lipinski definition) is 4. The zero-order valence-corrected chi connectivity index (χ0v) is 7.95. The van der Waals surface area contributed by atoms with Gasteiger partial charge in [-0.05, 0) is 0 Å². The highest BCUT2D eigenvalue weighted by Gasteiger charge is 2.02. The quantitative estimate of drug-likeness (QED) is 0.465. The maximum Gasteiger partial charge on any atom is 0.328 e. The van der Waals surface area contributed by atoms with Crippen molar-refractivity contribution >= 4 is 21.9 Å². The summed E-state index contributed by atoms with van der Waals surface area (Å²) in [6, 6.07) is 0. The largest absolute Gasteiger partial charge is 0.478 e. The van der Waals surface area contributed by atoms with Gasteiger partial charge in [-0.25, -0.2) is 18.4 Å². The number of nitrogens with one attached hydrogen (secondary N) is 1. The summed E-state index contributed by atoms with van der Waals surface area (Å²) in [5.74, 6) is -2.33. The van der Waals surface area contributed by atoms with Gasteiger partial charge in [0.15, 0.2) is 0 Å². The molecule has 0 fully saturated rings. The summed E-state index contributed by atoms with van der Waals surface area (Å²) >= 11 is 0. The number of carbonyl (C=O) groups is 2. The number of hydrogen-bond donors (Lipinski definition) is 3. The van der Waals surface area contributed by atoms with Gasteiger partial charge in [0.05, 0.1) is 5.75 Å². The number of carboxylic acid groups (broad SMARTS) is 1. The van der Waals surface area contributed by atoms with Gasteiger partial charge >= 0.3 is 5.97 Å². The maximum absolute atomic E-state index is 10.7. The van der Waals surface area contributed by atoms with Crippen LogP contribution in [0.2, 0.25) is 0 Å². The van der Waals surface area contributed by atoms with E-state index in [1.54, 1.807) is 0 Å². The maximum atomic E-state index is 10.7. The molecular weight excluding hydrogens is 212 g/mol. The van der Waals surface area contributed by atoms with Crippen molar-refractivity contribution in [1.29, 1.82) is 0 Å². The first-order valence-corrected chi connectivity index (χ1v) is 5.22. The average molecular weight is 222 g/mol. The lowest BCUT2D eigenvalue weighted by Crippen LogP contribution is -2.30. The molecule has 0 spiro atoms. The number of nitrogens with two attached hydrogens (primary N) is 1. The Balaban J connectivity index is 3.82. The van der Waals surface area contributed by atoms with Gasteiger partial charge in [0.25, 0.3) is 0 Å².